The van der Waals surface area contributed by atoms with Crippen molar-refractivity contribution in [2.24, 2.45) is 0 Å². The number of halogens is 1. The van der Waals surface area contributed by atoms with Crippen LogP contribution >= 0.6 is 0 Å². The summed E-state index contributed by atoms with van der Waals surface area (Å²) in [6, 6.07) is 10.7. The van der Waals surface area contributed by atoms with Crippen LogP contribution in [0.25, 0.3) is 0 Å². The number of benzene rings is 2. The third-order valence-electron chi connectivity index (χ3n) is 3.32. The minimum atomic E-state index is -0.191. The van der Waals surface area contributed by atoms with Crippen molar-refractivity contribution < 1.29 is 9.13 Å². The summed E-state index contributed by atoms with van der Waals surface area (Å²) in [5.74, 6) is 0.533. The molecule has 0 aliphatic rings. The van der Waals surface area contributed by atoms with E-state index in [1.807, 2.05) is 32.0 Å². The maximum Gasteiger partial charge on any atom is 0.126 e. The number of nitrogens with two attached hydrogens (primary N) is 1. The summed E-state index contributed by atoms with van der Waals surface area (Å²) in [6.45, 7) is 6.24. The lowest BCUT2D eigenvalue weighted by Gasteiger charge is -2.17. The van der Waals surface area contributed by atoms with E-state index in [-0.39, 0.29) is 11.9 Å². The Kier molecular flexibility index (Phi) is 4.68. The number of nitrogen functional groups attached to an aromatic ring is 1. The van der Waals surface area contributed by atoms with E-state index in [1.54, 1.807) is 25.1 Å². The highest BCUT2D eigenvalue weighted by atomic mass is 19.1. The maximum atomic E-state index is 13.6. The molecule has 0 heterocycles. The van der Waals surface area contributed by atoms with E-state index in [0.717, 1.165) is 17.0 Å². The Labute approximate surface area is 124 Å². The van der Waals surface area contributed by atoms with Crippen LogP contribution in [-0.4, -0.2) is 6.61 Å². The molecule has 0 radical (unpaired) electrons. The Morgan fingerprint density at radius 3 is 2.67 bits per heavy atom. The number of anilines is 2. The lowest BCUT2D eigenvalue weighted by molar-refractivity contribution is 0.340. The van der Waals surface area contributed by atoms with Gasteiger partial charge in [0.05, 0.1) is 6.61 Å². The first-order chi connectivity index (χ1) is 9.99. The second-order valence-electron chi connectivity index (χ2n) is 5.10. The van der Waals surface area contributed by atoms with Crippen LogP contribution in [0, 0.1) is 12.7 Å². The zero-order valence-electron chi connectivity index (χ0n) is 12.6. The van der Waals surface area contributed by atoms with E-state index in [4.69, 9.17) is 10.5 Å². The molecule has 1 unspecified atom stereocenters. The van der Waals surface area contributed by atoms with Crippen LogP contribution in [0.3, 0.4) is 0 Å². The van der Waals surface area contributed by atoms with Gasteiger partial charge in [-0.25, -0.2) is 4.39 Å². The van der Waals surface area contributed by atoms with Gasteiger partial charge in [0.25, 0.3) is 0 Å². The number of ether oxygens (including phenoxy) is 1. The zero-order chi connectivity index (χ0) is 15.4. The summed E-state index contributed by atoms with van der Waals surface area (Å²) in [5.41, 5.74) is 8.89. The highest BCUT2D eigenvalue weighted by molar-refractivity contribution is 5.60. The molecular weight excluding hydrogens is 267 g/mol. The Morgan fingerprint density at radius 1 is 1.24 bits per heavy atom. The van der Waals surface area contributed by atoms with Gasteiger partial charge >= 0.3 is 0 Å². The summed E-state index contributed by atoms with van der Waals surface area (Å²) in [6.07, 6.45) is 0. The largest absolute Gasteiger partial charge is 0.494 e. The SMILES string of the molecule is CCOc1cc(N)cc(NC(C)c2ccc(C)c(F)c2)c1. The van der Waals surface area contributed by atoms with Crippen molar-refractivity contribution in [3.8, 4) is 5.75 Å². The van der Waals surface area contributed by atoms with Gasteiger partial charge < -0.3 is 15.8 Å². The smallest absolute Gasteiger partial charge is 0.126 e. The van der Waals surface area contributed by atoms with Crippen molar-refractivity contribution in [1.82, 2.24) is 0 Å². The molecule has 0 amide bonds. The quantitative estimate of drug-likeness (QED) is 0.807. The van der Waals surface area contributed by atoms with Gasteiger partial charge in [0.1, 0.15) is 11.6 Å². The number of aryl methyl sites for hydroxylation is 1. The molecule has 3 nitrogen and oxygen atoms in total. The second kappa shape index (κ2) is 6.48. The summed E-state index contributed by atoms with van der Waals surface area (Å²) in [4.78, 5) is 0. The summed E-state index contributed by atoms with van der Waals surface area (Å²) in [5, 5.41) is 3.32. The normalized spacial score (nSPS) is 12.0. The maximum absolute atomic E-state index is 13.6. The van der Waals surface area contributed by atoms with Crippen molar-refractivity contribution in [1.29, 1.82) is 0 Å². The van der Waals surface area contributed by atoms with E-state index in [1.165, 1.54) is 0 Å². The van der Waals surface area contributed by atoms with E-state index < -0.39 is 0 Å². The van der Waals surface area contributed by atoms with Crippen LogP contribution < -0.4 is 15.8 Å². The molecule has 0 aliphatic heterocycles. The van der Waals surface area contributed by atoms with Gasteiger partial charge in [-0.1, -0.05) is 12.1 Å². The van der Waals surface area contributed by atoms with E-state index >= 15 is 0 Å². The van der Waals surface area contributed by atoms with E-state index in [0.29, 0.717) is 17.9 Å². The molecule has 1 atom stereocenters. The molecule has 0 bridgehead atoms. The highest BCUT2D eigenvalue weighted by Gasteiger charge is 2.09. The van der Waals surface area contributed by atoms with E-state index in [2.05, 4.69) is 5.32 Å². The Morgan fingerprint density at radius 2 is 2.00 bits per heavy atom. The highest BCUT2D eigenvalue weighted by Crippen LogP contribution is 2.26. The van der Waals surface area contributed by atoms with Crippen LogP contribution in [0.1, 0.15) is 31.0 Å². The molecule has 0 aromatic heterocycles. The molecule has 112 valence electrons. The molecule has 2 aromatic rings. The van der Waals surface area contributed by atoms with Crippen LogP contribution in [-0.2, 0) is 0 Å². The molecule has 21 heavy (non-hydrogen) atoms. The van der Waals surface area contributed by atoms with Gasteiger partial charge in [0.15, 0.2) is 0 Å². The number of hydrogen-bond donors (Lipinski definition) is 2. The van der Waals surface area contributed by atoms with Crippen molar-refractivity contribution >= 4 is 11.4 Å². The molecule has 2 rings (SSSR count). The monoisotopic (exact) mass is 288 g/mol. The lowest BCUT2D eigenvalue weighted by Crippen LogP contribution is -2.08. The third kappa shape index (κ3) is 3.88. The third-order valence-corrected chi connectivity index (χ3v) is 3.32. The standard InChI is InChI=1S/C17H21FN2O/c1-4-21-16-9-14(19)8-15(10-16)20-12(3)13-6-5-11(2)17(18)7-13/h5-10,12,20H,4,19H2,1-3H3. The topological polar surface area (TPSA) is 47.3 Å². The molecule has 0 spiro atoms. The van der Waals surface area contributed by atoms with Crippen molar-refractivity contribution in [3.63, 3.8) is 0 Å². The summed E-state index contributed by atoms with van der Waals surface area (Å²) >= 11 is 0. The van der Waals surface area contributed by atoms with Crippen molar-refractivity contribution in [2.75, 3.05) is 17.7 Å². The Hall–Kier alpha value is -2.23. The van der Waals surface area contributed by atoms with Crippen LogP contribution in [0.2, 0.25) is 0 Å². The summed E-state index contributed by atoms with van der Waals surface area (Å²) in [7, 11) is 0. The molecule has 3 N–H and O–H groups in total. The van der Waals surface area contributed by atoms with Crippen molar-refractivity contribution in [2.45, 2.75) is 26.8 Å². The van der Waals surface area contributed by atoms with Crippen molar-refractivity contribution in [3.05, 3.63) is 53.3 Å². The summed E-state index contributed by atoms with van der Waals surface area (Å²) < 4.78 is 19.1. The van der Waals surface area contributed by atoms with Gasteiger partial charge in [0, 0.05) is 29.5 Å². The molecule has 0 saturated heterocycles. The van der Waals surface area contributed by atoms with Gasteiger partial charge in [-0.2, -0.15) is 0 Å². The Balaban J connectivity index is 2.18. The first-order valence-electron chi connectivity index (χ1n) is 7.05. The van der Waals surface area contributed by atoms with Crippen LogP contribution in [0.5, 0.6) is 5.75 Å². The van der Waals surface area contributed by atoms with Gasteiger partial charge in [-0.3, -0.25) is 0 Å². The predicted octanol–water partition coefficient (Wildman–Crippen LogP) is 4.29. The minimum Gasteiger partial charge on any atom is -0.494 e. The molecule has 4 heteroatoms. The van der Waals surface area contributed by atoms with Gasteiger partial charge in [-0.05, 0) is 44.0 Å². The second-order valence-corrected chi connectivity index (χ2v) is 5.10. The predicted molar refractivity (Wildman–Crippen MR) is 85.2 cm³/mol. The number of hydrogen-bond acceptors (Lipinski definition) is 3. The van der Waals surface area contributed by atoms with Crippen LogP contribution in [0.15, 0.2) is 36.4 Å². The zero-order valence-corrected chi connectivity index (χ0v) is 12.6. The molecule has 0 aliphatic carbocycles. The fourth-order valence-electron chi connectivity index (χ4n) is 2.17. The number of nitrogens with one attached hydrogen (secondary N) is 1. The fourth-order valence-corrected chi connectivity index (χ4v) is 2.17. The molecular formula is C17H21FN2O. The van der Waals surface area contributed by atoms with Crippen LogP contribution in [0.4, 0.5) is 15.8 Å². The number of rotatable bonds is 5. The van der Waals surface area contributed by atoms with Gasteiger partial charge in [0.2, 0.25) is 0 Å². The molecule has 2 aromatic carbocycles. The fraction of sp³-hybridized carbons (Fsp3) is 0.294. The first-order valence-corrected chi connectivity index (χ1v) is 7.05. The lowest BCUT2D eigenvalue weighted by atomic mass is 10.1. The first kappa shape index (κ1) is 15.2. The Bertz CT molecular complexity index is 628. The average molecular weight is 288 g/mol. The molecule has 0 saturated carbocycles. The average Bonchev–Trinajstić information content (AvgIpc) is 2.41. The van der Waals surface area contributed by atoms with E-state index in [9.17, 15) is 4.39 Å². The molecule has 0 fully saturated rings. The van der Waals surface area contributed by atoms with Gasteiger partial charge in [-0.15, -0.1) is 0 Å². The minimum absolute atomic E-state index is 0.0311.